The normalized spacial score (nSPS) is 21.5. The summed E-state index contributed by atoms with van der Waals surface area (Å²) in [7, 11) is 0. The van der Waals surface area contributed by atoms with E-state index in [4.69, 9.17) is 10.5 Å². The Bertz CT molecular complexity index is 251. The van der Waals surface area contributed by atoms with Crippen molar-refractivity contribution < 1.29 is 19.1 Å². The molecule has 2 atom stereocenters. The minimum atomic E-state index is -1.25. The number of hydrogen-bond donors (Lipinski definition) is 2. The molecule has 0 saturated carbocycles. The highest BCUT2D eigenvalue weighted by atomic mass is 16.5. The van der Waals surface area contributed by atoms with Crippen LogP contribution in [-0.4, -0.2) is 43.8 Å². The number of rotatable bonds is 5. The third kappa shape index (κ3) is 3.79. The second-order valence-corrected chi connectivity index (χ2v) is 3.61. The van der Waals surface area contributed by atoms with Gasteiger partial charge < -0.3 is 20.5 Å². The molecule has 1 fully saturated rings. The van der Waals surface area contributed by atoms with Gasteiger partial charge in [-0.1, -0.05) is 0 Å². The summed E-state index contributed by atoms with van der Waals surface area (Å²) in [5.41, 5.74) is 5.40. The molecule has 0 aromatic rings. The Kier molecular flexibility index (Phi) is 5.21. The number of esters is 1. The Balaban J connectivity index is 2.25. The van der Waals surface area contributed by atoms with Crippen LogP contribution in [0.2, 0.25) is 0 Å². The third-order valence-corrected chi connectivity index (χ3v) is 2.35. The lowest BCUT2D eigenvalue weighted by molar-refractivity contribution is -0.148. The van der Waals surface area contributed by atoms with Crippen molar-refractivity contribution in [1.29, 1.82) is 0 Å². The number of nitrogens with one attached hydrogen (secondary N) is 1. The first-order valence-corrected chi connectivity index (χ1v) is 5.46. The van der Waals surface area contributed by atoms with Crippen LogP contribution in [0, 0.1) is 0 Å². The van der Waals surface area contributed by atoms with E-state index in [2.05, 4.69) is 10.1 Å². The van der Waals surface area contributed by atoms with E-state index in [1.165, 1.54) is 0 Å². The van der Waals surface area contributed by atoms with E-state index in [9.17, 15) is 9.59 Å². The van der Waals surface area contributed by atoms with Crippen LogP contribution < -0.4 is 11.1 Å². The van der Waals surface area contributed by atoms with Gasteiger partial charge in [0.15, 0.2) is 6.04 Å². The van der Waals surface area contributed by atoms with E-state index in [1.807, 2.05) is 0 Å². The molecule has 16 heavy (non-hydrogen) atoms. The highest BCUT2D eigenvalue weighted by molar-refractivity contribution is 6.01. The summed E-state index contributed by atoms with van der Waals surface area (Å²) >= 11 is 0. The Labute approximate surface area is 94.5 Å². The molecule has 1 saturated heterocycles. The van der Waals surface area contributed by atoms with Crippen LogP contribution in [0.15, 0.2) is 0 Å². The first-order chi connectivity index (χ1) is 7.65. The van der Waals surface area contributed by atoms with Crippen molar-refractivity contribution in [2.24, 2.45) is 5.73 Å². The van der Waals surface area contributed by atoms with E-state index < -0.39 is 17.9 Å². The standard InChI is InChI=1S/C10H18N2O4/c1-2-15-10(14)8(11)9(13)12-6-7-4-3-5-16-7/h7-8H,2-6,11H2,1H3,(H,12,13). The highest BCUT2D eigenvalue weighted by Gasteiger charge is 2.24. The van der Waals surface area contributed by atoms with Crippen molar-refractivity contribution in [3.05, 3.63) is 0 Å². The highest BCUT2D eigenvalue weighted by Crippen LogP contribution is 2.10. The van der Waals surface area contributed by atoms with Crippen molar-refractivity contribution in [2.75, 3.05) is 19.8 Å². The molecule has 6 nitrogen and oxygen atoms in total. The molecule has 2 unspecified atom stereocenters. The van der Waals surface area contributed by atoms with Gasteiger partial charge in [-0.3, -0.25) is 4.79 Å². The van der Waals surface area contributed by atoms with Gasteiger partial charge in [0.2, 0.25) is 5.91 Å². The summed E-state index contributed by atoms with van der Waals surface area (Å²) in [5, 5.41) is 2.57. The van der Waals surface area contributed by atoms with Crippen molar-refractivity contribution >= 4 is 11.9 Å². The van der Waals surface area contributed by atoms with Crippen LogP contribution in [0.25, 0.3) is 0 Å². The lowest BCUT2D eigenvalue weighted by Gasteiger charge is -2.13. The molecule has 0 aliphatic carbocycles. The molecule has 3 N–H and O–H groups in total. The predicted molar refractivity (Wildman–Crippen MR) is 56.6 cm³/mol. The maximum absolute atomic E-state index is 11.4. The van der Waals surface area contributed by atoms with E-state index in [1.54, 1.807) is 6.92 Å². The maximum Gasteiger partial charge on any atom is 0.332 e. The molecule has 6 heteroatoms. The molecule has 0 aromatic carbocycles. The Hall–Kier alpha value is -1.14. The van der Waals surface area contributed by atoms with Gasteiger partial charge in [0.1, 0.15) is 0 Å². The average Bonchev–Trinajstić information content (AvgIpc) is 2.78. The second kappa shape index (κ2) is 6.44. The first kappa shape index (κ1) is 12.9. The summed E-state index contributed by atoms with van der Waals surface area (Å²) in [6.07, 6.45) is 1.97. The fourth-order valence-electron chi connectivity index (χ4n) is 1.47. The smallest absolute Gasteiger partial charge is 0.332 e. The molecule has 92 valence electrons. The fraction of sp³-hybridized carbons (Fsp3) is 0.800. The Morgan fingerprint density at radius 2 is 2.38 bits per heavy atom. The summed E-state index contributed by atoms with van der Waals surface area (Å²) in [6, 6.07) is -1.25. The second-order valence-electron chi connectivity index (χ2n) is 3.61. The summed E-state index contributed by atoms with van der Waals surface area (Å²) in [5.74, 6) is -1.22. The number of amides is 1. The van der Waals surface area contributed by atoms with Crippen molar-refractivity contribution in [1.82, 2.24) is 5.32 Å². The van der Waals surface area contributed by atoms with Gasteiger partial charge >= 0.3 is 5.97 Å². The zero-order valence-electron chi connectivity index (χ0n) is 9.40. The van der Waals surface area contributed by atoms with Gasteiger partial charge in [-0.25, -0.2) is 4.79 Å². The van der Waals surface area contributed by atoms with E-state index in [0.717, 1.165) is 19.4 Å². The van der Waals surface area contributed by atoms with Crippen molar-refractivity contribution in [3.8, 4) is 0 Å². The molecular formula is C10H18N2O4. The number of nitrogens with two attached hydrogens (primary N) is 1. The monoisotopic (exact) mass is 230 g/mol. The zero-order valence-corrected chi connectivity index (χ0v) is 9.40. The van der Waals surface area contributed by atoms with Gasteiger partial charge in [-0.05, 0) is 19.8 Å². The fourth-order valence-corrected chi connectivity index (χ4v) is 1.47. The molecule has 1 rings (SSSR count). The quantitative estimate of drug-likeness (QED) is 0.475. The minimum absolute atomic E-state index is 0.0401. The van der Waals surface area contributed by atoms with Crippen LogP contribution in [0.1, 0.15) is 19.8 Å². The van der Waals surface area contributed by atoms with Gasteiger partial charge in [0.05, 0.1) is 12.7 Å². The summed E-state index contributed by atoms with van der Waals surface area (Å²) in [4.78, 5) is 22.6. The molecule has 0 radical (unpaired) electrons. The SMILES string of the molecule is CCOC(=O)C(N)C(=O)NCC1CCCO1. The Morgan fingerprint density at radius 3 is 2.94 bits per heavy atom. The topological polar surface area (TPSA) is 90.7 Å². The number of hydrogen-bond acceptors (Lipinski definition) is 5. The van der Waals surface area contributed by atoms with E-state index in [0.29, 0.717) is 6.54 Å². The average molecular weight is 230 g/mol. The lowest BCUT2D eigenvalue weighted by Crippen LogP contribution is -2.48. The first-order valence-electron chi connectivity index (χ1n) is 5.46. The van der Waals surface area contributed by atoms with Gasteiger partial charge in [-0.15, -0.1) is 0 Å². The largest absolute Gasteiger partial charge is 0.464 e. The van der Waals surface area contributed by atoms with Gasteiger partial charge in [-0.2, -0.15) is 0 Å². The molecule has 1 heterocycles. The van der Waals surface area contributed by atoms with Gasteiger partial charge in [0, 0.05) is 13.2 Å². The van der Waals surface area contributed by atoms with Crippen LogP contribution in [-0.2, 0) is 19.1 Å². The minimum Gasteiger partial charge on any atom is -0.464 e. The maximum atomic E-state index is 11.4. The van der Waals surface area contributed by atoms with Crippen LogP contribution in [0.4, 0.5) is 0 Å². The summed E-state index contributed by atoms with van der Waals surface area (Å²) < 4.78 is 9.96. The van der Waals surface area contributed by atoms with Crippen molar-refractivity contribution in [3.63, 3.8) is 0 Å². The summed E-state index contributed by atoms with van der Waals surface area (Å²) in [6.45, 7) is 3.00. The lowest BCUT2D eigenvalue weighted by atomic mass is 10.2. The van der Waals surface area contributed by atoms with Gasteiger partial charge in [0.25, 0.3) is 0 Å². The molecule has 1 aliphatic rings. The number of carbonyl (C=O) groups excluding carboxylic acids is 2. The van der Waals surface area contributed by atoms with Crippen molar-refractivity contribution in [2.45, 2.75) is 31.9 Å². The molecule has 0 bridgehead atoms. The molecule has 1 aliphatic heterocycles. The molecular weight excluding hydrogens is 212 g/mol. The predicted octanol–water partition coefficient (Wildman–Crippen LogP) is -0.828. The molecule has 1 amide bonds. The van der Waals surface area contributed by atoms with Crippen LogP contribution in [0.3, 0.4) is 0 Å². The van der Waals surface area contributed by atoms with E-state index >= 15 is 0 Å². The van der Waals surface area contributed by atoms with Crippen LogP contribution >= 0.6 is 0 Å². The third-order valence-electron chi connectivity index (χ3n) is 2.35. The van der Waals surface area contributed by atoms with Crippen LogP contribution in [0.5, 0.6) is 0 Å². The molecule has 0 spiro atoms. The van der Waals surface area contributed by atoms with E-state index in [-0.39, 0.29) is 12.7 Å². The Morgan fingerprint density at radius 1 is 1.62 bits per heavy atom. The number of carbonyl (C=O) groups is 2. The number of ether oxygens (including phenoxy) is 2. The zero-order chi connectivity index (χ0) is 12.0. The molecule has 0 aromatic heterocycles.